The van der Waals surface area contributed by atoms with Gasteiger partial charge in [-0.2, -0.15) is 0 Å². The van der Waals surface area contributed by atoms with E-state index in [0.717, 1.165) is 0 Å². The third-order valence-corrected chi connectivity index (χ3v) is 2.79. The van der Waals surface area contributed by atoms with Crippen LogP contribution in [0.25, 0.3) is 0 Å². The molecule has 1 atom stereocenters. The summed E-state index contributed by atoms with van der Waals surface area (Å²) in [6.07, 6.45) is 0. The Labute approximate surface area is 82.3 Å². The molecule has 0 rings (SSSR count). The summed E-state index contributed by atoms with van der Waals surface area (Å²) in [7, 11) is -2.21. The molecule has 0 aliphatic carbocycles. The van der Waals surface area contributed by atoms with Crippen molar-refractivity contribution in [3.8, 4) is 0 Å². The van der Waals surface area contributed by atoms with Crippen LogP contribution in [0.1, 0.15) is 0 Å². The van der Waals surface area contributed by atoms with E-state index in [4.69, 9.17) is 10.8 Å². The smallest absolute Gasteiger partial charge is 0.321 e. The zero-order valence-corrected chi connectivity index (χ0v) is 8.58. The quantitative estimate of drug-likeness (QED) is 0.430. The van der Waals surface area contributed by atoms with E-state index >= 15 is 0 Å². The van der Waals surface area contributed by atoms with Gasteiger partial charge in [0, 0.05) is 13.7 Å². The van der Waals surface area contributed by atoms with Gasteiger partial charge in [0.1, 0.15) is 6.04 Å². The van der Waals surface area contributed by atoms with Crippen molar-refractivity contribution >= 4 is 16.0 Å². The van der Waals surface area contributed by atoms with Gasteiger partial charge in [-0.15, -0.1) is 0 Å². The van der Waals surface area contributed by atoms with Crippen LogP contribution in [0.3, 0.4) is 0 Å². The van der Waals surface area contributed by atoms with Crippen LogP contribution in [-0.2, 0) is 19.6 Å². The molecule has 0 aliphatic heterocycles. The van der Waals surface area contributed by atoms with Crippen LogP contribution in [-0.4, -0.2) is 51.5 Å². The third kappa shape index (κ3) is 5.86. The number of rotatable bonds is 7. The molecule has 0 radical (unpaired) electrons. The normalized spacial score (nSPS) is 13.9. The van der Waals surface area contributed by atoms with E-state index in [1.165, 1.54) is 7.11 Å². The van der Waals surface area contributed by atoms with Gasteiger partial charge in [0.2, 0.25) is 10.0 Å². The average molecular weight is 226 g/mol. The summed E-state index contributed by atoms with van der Waals surface area (Å²) in [5, 5.41) is 8.38. The zero-order valence-electron chi connectivity index (χ0n) is 7.76. The van der Waals surface area contributed by atoms with E-state index in [2.05, 4.69) is 9.46 Å². The molecule has 0 aliphatic rings. The first-order valence-electron chi connectivity index (χ1n) is 3.83. The van der Waals surface area contributed by atoms with Crippen molar-refractivity contribution in [1.29, 1.82) is 0 Å². The molecule has 0 heterocycles. The lowest BCUT2D eigenvalue weighted by Gasteiger charge is -2.08. The van der Waals surface area contributed by atoms with Gasteiger partial charge in [0.25, 0.3) is 0 Å². The van der Waals surface area contributed by atoms with Gasteiger partial charge >= 0.3 is 5.97 Å². The molecule has 0 bridgehead atoms. The highest BCUT2D eigenvalue weighted by molar-refractivity contribution is 7.89. The highest BCUT2D eigenvalue weighted by atomic mass is 32.2. The lowest BCUT2D eigenvalue weighted by atomic mass is 10.4. The number of carbonyl (C=O) groups is 1. The van der Waals surface area contributed by atoms with E-state index in [1.54, 1.807) is 0 Å². The van der Waals surface area contributed by atoms with Crippen molar-refractivity contribution in [2.45, 2.75) is 6.04 Å². The molecular formula is C6H14N2O5S. The summed E-state index contributed by atoms with van der Waals surface area (Å²) in [5.74, 6) is -1.98. The molecule has 14 heavy (non-hydrogen) atoms. The SMILES string of the molecule is COCCNS(=O)(=O)C[C@H](N)C(=O)O. The molecule has 0 aromatic heterocycles. The van der Waals surface area contributed by atoms with Crippen molar-refractivity contribution in [2.24, 2.45) is 5.73 Å². The second-order valence-corrected chi connectivity index (χ2v) is 4.46. The van der Waals surface area contributed by atoms with Crippen LogP contribution in [0.15, 0.2) is 0 Å². The van der Waals surface area contributed by atoms with Gasteiger partial charge in [-0.05, 0) is 0 Å². The van der Waals surface area contributed by atoms with E-state index in [1.807, 2.05) is 0 Å². The van der Waals surface area contributed by atoms with Crippen molar-refractivity contribution in [3.05, 3.63) is 0 Å². The molecule has 0 aromatic carbocycles. The van der Waals surface area contributed by atoms with Crippen LogP contribution in [0.5, 0.6) is 0 Å². The molecule has 84 valence electrons. The summed E-state index contributed by atoms with van der Waals surface area (Å²) >= 11 is 0. The van der Waals surface area contributed by atoms with Gasteiger partial charge in [-0.25, -0.2) is 13.1 Å². The van der Waals surface area contributed by atoms with Gasteiger partial charge < -0.3 is 15.6 Å². The molecule has 4 N–H and O–H groups in total. The summed E-state index contributed by atoms with van der Waals surface area (Å²) in [4.78, 5) is 10.3. The number of nitrogens with one attached hydrogen (secondary N) is 1. The van der Waals surface area contributed by atoms with Gasteiger partial charge in [0.05, 0.1) is 12.4 Å². The van der Waals surface area contributed by atoms with Crippen LogP contribution >= 0.6 is 0 Å². The van der Waals surface area contributed by atoms with E-state index in [-0.39, 0.29) is 13.2 Å². The van der Waals surface area contributed by atoms with Crippen molar-refractivity contribution in [1.82, 2.24) is 4.72 Å². The van der Waals surface area contributed by atoms with Crippen LogP contribution in [0, 0.1) is 0 Å². The Balaban J connectivity index is 4.01. The molecule has 0 unspecified atom stereocenters. The highest BCUT2D eigenvalue weighted by Gasteiger charge is 2.20. The molecule has 0 fully saturated rings. The number of carboxylic acid groups (broad SMARTS) is 1. The van der Waals surface area contributed by atoms with E-state index < -0.39 is 27.8 Å². The predicted molar refractivity (Wildman–Crippen MR) is 49.3 cm³/mol. The highest BCUT2D eigenvalue weighted by Crippen LogP contribution is 1.88. The minimum Gasteiger partial charge on any atom is -0.480 e. The molecule has 0 saturated heterocycles. The Bertz CT molecular complexity index is 276. The fourth-order valence-electron chi connectivity index (χ4n) is 0.666. The number of methoxy groups -OCH3 is 1. The molecule has 0 amide bonds. The molecule has 8 heteroatoms. The third-order valence-electron chi connectivity index (χ3n) is 1.34. The molecule has 0 spiro atoms. The summed E-state index contributed by atoms with van der Waals surface area (Å²) in [6.45, 7) is 0.326. The van der Waals surface area contributed by atoms with Gasteiger partial charge in [0.15, 0.2) is 0 Å². The first-order valence-corrected chi connectivity index (χ1v) is 5.49. The minimum absolute atomic E-state index is 0.102. The number of hydrogen-bond donors (Lipinski definition) is 3. The van der Waals surface area contributed by atoms with Crippen molar-refractivity contribution < 1.29 is 23.1 Å². The maximum atomic E-state index is 11.1. The lowest BCUT2D eigenvalue weighted by molar-refractivity contribution is -0.137. The Kier molecular flexibility index (Phi) is 5.62. The van der Waals surface area contributed by atoms with E-state index in [0.29, 0.717) is 0 Å². The number of carboxylic acids is 1. The molecule has 0 aromatic rings. The van der Waals surface area contributed by atoms with Crippen LogP contribution < -0.4 is 10.5 Å². The number of aliphatic carboxylic acids is 1. The van der Waals surface area contributed by atoms with Gasteiger partial charge in [-0.1, -0.05) is 0 Å². The first kappa shape index (κ1) is 13.3. The van der Waals surface area contributed by atoms with Crippen LogP contribution in [0.2, 0.25) is 0 Å². The second kappa shape index (κ2) is 5.91. The van der Waals surface area contributed by atoms with Crippen molar-refractivity contribution in [3.63, 3.8) is 0 Å². The molecule has 7 nitrogen and oxygen atoms in total. The van der Waals surface area contributed by atoms with Crippen LogP contribution in [0.4, 0.5) is 0 Å². The van der Waals surface area contributed by atoms with Gasteiger partial charge in [-0.3, -0.25) is 4.79 Å². The number of nitrogens with two attached hydrogens (primary N) is 1. The summed E-state index contributed by atoms with van der Waals surface area (Å²) in [5.41, 5.74) is 5.06. The Morgan fingerprint density at radius 1 is 1.64 bits per heavy atom. The topological polar surface area (TPSA) is 119 Å². The summed E-state index contributed by atoms with van der Waals surface area (Å²) < 4.78 is 29.0. The molecular weight excluding hydrogens is 212 g/mol. The second-order valence-electron chi connectivity index (χ2n) is 2.61. The predicted octanol–water partition coefficient (Wildman–Crippen LogP) is -2.04. The maximum Gasteiger partial charge on any atom is 0.321 e. The van der Waals surface area contributed by atoms with E-state index in [9.17, 15) is 13.2 Å². The Hall–Kier alpha value is -0.700. The Morgan fingerprint density at radius 2 is 2.21 bits per heavy atom. The Morgan fingerprint density at radius 3 is 2.64 bits per heavy atom. The fraction of sp³-hybridized carbons (Fsp3) is 0.833. The first-order chi connectivity index (χ1) is 6.39. The zero-order chi connectivity index (χ0) is 11.2. The fourth-order valence-corrected chi connectivity index (χ4v) is 1.79. The number of sulfonamides is 1. The minimum atomic E-state index is -3.63. The largest absolute Gasteiger partial charge is 0.480 e. The number of hydrogen-bond acceptors (Lipinski definition) is 5. The number of ether oxygens (including phenoxy) is 1. The summed E-state index contributed by atoms with van der Waals surface area (Å²) in [6, 6.07) is -1.41. The molecule has 0 saturated carbocycles. The maximum absolute atomic E-state index is 11.1. The van der Waals surface area contributed by atoms with Crippen molar-refractivity contribution in [2.75, 3.05) is 26.0 Å². The standard InChI is InChI=1S/C6H14N2O5S/c1-13-3-2-8-14(11,12)4-5(7)6(9)10/h5,8H,2-4,7H2,1H3,(H,9,10)/t5-/m0/s1. The average Bonchev–Trinajstić information content (AvgIpc) is 2.03. The monoisotopic (exact) mass is 226 g/mol. The lowest BCUT2D eigenvalue weighted by Crippen LogP contribution is -2.42.